The van der Waals surface area contributed by atoms with Gasteiger partial charge in [0, 0.05) is 4.47 Å². The maximum absolute atomic E-state index is 12.1. The van der Waals surface area contributed by atoms with Crippen LogP contribution in [-0.4, -0.2) is 12.2 Å². The van der Waals surface area contributed by atoms with Crippen LogP contribution in [0.5, 0.6) is 0 Å². The quantitative estimate of drug-likeness (QED) is 0.876. The number of rotatable bonds is 2. The van der Waals surface area contributed by atoms with Crippen molar-refractivity contribution < 1.29 is 13.2 Å². The van der Waals surface area contributed by atoms with E-state index in [4.69, 9.17) is 5.73 Å². The van der Waals surface area contributed by atoms with E-state index in [-0.39, 0.29) is 6.42 Å². The Balaban J connectivity index is 2.70. The molecule has 1 aromatic carbocycles. The van der Waals surface area contributed by atoms with Crippen LogP contribution in [-0.2, 0) is 6.42 Å². The van der Waals surface area contributed by atoms with Crippen molar-refractivity contribution in [1.82, 2.24) is 0 Å². The van der Waals surface area contributed by atoms with E-state index in [1.807, 2.05) is 0 Å². The largest absolute Gasteiger partial charge is 0.403 e. The molecule has 0 amide bonds. The Labute approximate surface area is 88.2 Å². The van der Waals surface area contributed by atoms with Crippen molar-refractivity contribution in [2.45, 2.75) is 18.6 Å². The molecule has 0 aliphatic carbocycles. The lowest BCUT2D eigenvalue weighted by atomic mass is 10.1. The van der Waals surface area contributed by atoms with E-state index in [0.29, 0.717) is 5.56 Å². The van der Waals surface area contributed by atoms with E-state index in [9.17, 15) is 13.2 Å². The van der Waals surface area contributed by atoms with Gasteiger partial charge in [0.2, 0.25) is 0 Å². The van der Waals surface area contributed by atoms with Gasteiger partial charge >= 0.3 is 6.18 Å². The van der Waals surface area contributed by atoms with Crippen molar-refractivity contribution in [3.63, 3.8) is 0 Å². The number of alkyl halides is 3. The Kier molecular flexibility index (Phi) is 3.55. The molecule has 0 aliphatic heterocycles. The lowest BCUT2D eigenvalue weighted by molar-refractivity contribution is -0.147. The van der Waals surface area contributed by atoms with Gasteiger partial charge in [-0.3, -0.25) is 0 Å². The first-order valence-corrected chi connectivity index (χ1v) is 4.75. The lowest BCUT2D eigenvalue weighted by Gasteiger charge is -2.15. The number of hydrogen-bond acceptors (Lipinski definition) is 1. The average Bonchev–Trinajstić information content (AvgIpc) is 2.02. The molecule has 5 heteroatoms. The molecule has 1 atom stereocenters. The van der Waals surface area contributed by atoms with E-state index < -0.39 is 12.2 Å². The molecule has 1 aromatic rings. The predicted molar refractivity (Wildman–Crippen MR) is 51.9 cm³/mol. The minimum Gasteiger partial charge on any atom is -0.320 e. The second-order valence-corrected chi connectivity index (χ2v) is 3.90. The van der Waals surface area contributed by atoms with Crippen molar-refractivity contribution >= 4 is 15.9 Å². The molecule has 0 spiro atoms. The third kappa shape index (κ3) is 3.31. The zero-order valence-corrected chi connectivity index (χ0v) is 8.77. The molecule has 1 unspecified atom stereocenters. The summed E-state index contributed by atoms with van der Waals surface area (Å²) in [5.74, 6) is 0. The van der Waals surface area contributed by atoms with Crippen LogP contribution in [0.2, 0.25) is 0 Å². The van der Waals surface area contributed by atoms with Gasteiger partial charge in [0.15, 0.2) is 0 Å². The number of halogens is 4. The summed E-state index contributed by atoms with van der Waals surface area (Å²) in [5.41, 5.74) is 5.57. The van der Waals surface area contributed by atoms with Crippen LogP contribution in [0.15, 0.2) is 28.7 Å². The molecule has 0 fully saturated rings. The summed E-state index contributed by atoms with van der Waals surface area (Å²) >= 11 is 3.18. The molecular weight excluding hydrogens is 259 g/mol. The van der Waals surface area contributed by atoms with Gasteiger partial charge in [0.25, 0.3) is 0 Å². The molecule has 2 N–H and O–H groups in total. The Morgan fingerprint density at radius 3 is 2.50 bits per heavy atom. The fraction of sp³-hybridized carbons (Fsp3) is 0.333. The van der Waals surface area contributed by atoms with Crippen LogP contribution >= 0.6 is 15.9 Å². The number of nitrogens with two attached hydrogens (primary N) is 1. The van der Waals surface area contributed by atoms with Crippen molar-refractivity contribution in [1.29, 1.82) is 0 Å². The molecule has 1 rings (SSSR count). The maximum atomic E-state index is 12.1. The van der Waals surface area contributed by atoms with Gasteiger partial charge in [-0.1, -0.05) is 28.1 Å². The van der Waals surface area contributed by atoms with Gasteiger partial charge in [0.1, 0.15) is 6.04 Å². The monoisotopic (exact) mass is 267 g/mol. The van der Waals surface area contributed by atoms with Crippen molar-refractivity contribution in [3.05, 3.63) is 34.3 Å². The zero-order chi connectivity index (χ0) is 10.8. The highest BCUT2D eigenvalue weighted by atomic mass is 79.9. The standard InChI is InChI=1S/C9H9BrF3N/c10-7-3-1-2-6(4-7)5-8(14)9(11,12)13/h1-4,8H,5,14H2. The van der Waals surface area contributed by atoms with Crippen molar-refractivity contribution in [3.8, 4) is 0 Å². The smallest absolute Gasteiger partial charge is 0.320 e. The minimum absolute atomic E-state index is 0.192. The fourth-order valence-electron chi connectivity index (χ4n) is 1.03. The van der Waals surface area contributed by atoms with E-state index in [1.165, 1.54) is 0 Å². The van der Waals surface area contributed by atoms with Crippen molar-refractivity contribution in [2.75, 3.05) is 0 Å². The summed E-state index contributed by atoms with van der Waals surface area (Å²) in [7, 11) is 0. The normalized spacial score (nSPS) is 14.1. The number of benzene rings is 1. The molecule has 0 aromatic heterocycles. The highest BCUT2D eigenvalue weighted by Gasteiger charge is 2.36. The third-order valence-electron chi connectivity index (χ3n) is 1.77. The van der Waals surface area contributed by atoms with E-state index in [1.54, 1.807) is 24.3 Å². The minimum atomic E-state index is -4.33. The second-order valence-electron chi connectivity index (χ2n) is 2.98. The van der Waals surface area contributed by atoms with Gasteiger partial charge in [-0.2, -0.15) is 13.2 Å². The van der Waals surface area contributed by atoms with E-state index in [0.717, 1.165) is 4.47 Å². The molecule has 1 nitrogen and oxygen atoms in total. The Bertz CT molecular complexity index is 311. The van der Waals surface area contributed by atoms with Crippen LogP contribution < -0.4 is 5.73 Å². The number of hydrogen-bond donors (Lipinski definition) is 1. The molecule has 78 valence electrons. The molecule has 0 heterocycles. The van der Waals surface area contributed by atoms with E-state index >= 15 is 0 Å². The lowest BCUT2D eigenvalue weighted by Crippen LogP contribution is -2.39. The first-order valence-electron chi connectivity index (χ1n) is 3.96. The van der Waals surface area contributed by atoms with Gasteiger partial charge in [-0.05, 0) is 24.1 Å². The summed E-state index contributed by atoms with van der Waals surface area (Å²) in [6.07, 6.45) is -4.52. The third-order valence-corrected chi connectivity index (χ3v) is 2.26. The fourth-order valence-corrected chi connectivity index (χ4v) is 1.48. The van der Waals surface area contributed by atoms with Crippen LogP contribution in [0.4, 0.5) is 13.2 Å². The summed E-state index contributed by atoms with van der Waals surface area (Å²) < 4.78 is 37.0. The first kappa shape index (κ1) is 11.5. The highest BCUT2D eigenvalue weighted by molar-refractivity contribution is 9.10. The topological polar surface area (TPSA) is 26.0 Å². The molecule has 0 saturated heterocycles. The van der Waals surface area contributed by atoms with Gasteiger partial charge in [-0.15, -0.1) is 0 Å². The summed E-state index contributed by atoms with van der Waals surface area (Å²) in [6, 6.07) is 4.89. The van der Waals surface area contributed by atoms with Crippen LogP contribution in [0.25, 0.3) is 0 Å². The Morgan fingerprint density at radius 2 is 2.00 bits per heavy atom. The first-order chi connectivity index (χ1) is 6.39. The molecule has 0 aliphatic rings. The SMILES string of the molecule is NC(Cc1cccc(Br)c1)C(F)(F)F. The zero-order valence-electron chi connectivity index (χ0n) is 7.18. The molecule has 0 bridgehead atoms. The molecular formula is C9H9BrF3N. The highest BCUT2D eigenvalue weighted by Crippen LogP contribution is 2.22. The van der Waals surface area contributed by atoms with Crippen molar-refractivity contribution in [2.24, 2.45) is 5.73 Å². The van der Waals surface area contributed by atoms with Crippen LogP contribution in [0, 0.1) is 0 Å². The summed E-state index contributed by atoms with van der Waals surface area (Å²) in [6.45, 7) is 0. The van der Waals surface area contributed by atoms with Gasteiger partial charge < -0.3 is 5.73 Å². The van der Waals surface area contributed by atoms with Gasteiger partial charge in [-0.25, -0.2) is 0 Å². The molecule has 14 heavy (non-hydrogen) atoms. The average molecular weight is 268 g/mol. The Hall–Kier alpha value is -0.550. The Morgan fingerprint density at radius 1 is 1.36 bits per heavy atom. The van der Waals surface area contributed by atoms with Crippen LogP contribution in [0.1, 0.15) is 5.56 Å². The summed E-state index contributed by atoms with van der Waals surface area (Å²) in [4.78, 5) is 0. The van der Waals surface area contributed by atoms with Crippen LogP contribution in [0.3, 0.4) is 0 Å². The second kappa shape index (κ2) is 4.31. The maximum Gasteiger partial charge on any atom is 0.403 e. The predicted octanol–water partition coefficient (Wildman–Crippen LogP) is 2.88. The van der Waals surface area contributed by atoms with Gasteiger partial charge in [0.05, 0.1) is 0 Å². The van der Waals surface area contributed by atoms with E-state index in [2.05, 4.69) is 15.9 Å². The molecule has 0 radical (unpaired) electrons. The summed E-state index contributed by atoms with van der Waals surface area (Å²) in [5, 5.41) is 0. The molecule has 0 saturated carbocycles.